The highest BCUT2D eigenvalue weighted by molar-refractivity contribution is 5.95. The first kappa shape index (κ1) is 29.8. The average Bonchev–Trinajstić information content (AvgIpc) is 3.63. The predicted molar refractivity (Wildman–Crippen MR) is 153 cm³/mol. The lowest BCUT2D eigenvalue weighted by Gasteiger charge is -2.24. The number of phenolic OH excluding ortho intramolecular Hbond substituents is 1. The van der Waals surface area contributed by atoms with Crippen molar-refractivity contribution < 1.29 is 29.4 Å². The molecule has 0 saturated carbocycles. The molecule has 0 aliphatic carbocycles. The molecule has 0 aliphatic rings. The van der Waals surface area contributed by atoms with E-state index < -0.39 is 47.9 Å². The van der Waals surface area contributed by atoms with Gasteiger partial charge < -0.3 is 41.9 Å². The van der Waals surface area contributed by atoms with Crippen molar-refractivity contribution >= 4 is 34.6 Å². The van der Waals surface area contributed by atoms with E-state index in [-0.39, 0.29) is 25.0 Å². The van der Waals surface area contributed by atoms with Crippen molar-refractivity contribution in [2.45, 2.75) is 50.4 Å². The van der Waals surface area contributed by atoms with Gasteiger partial charge >= 0.3 is 5.97 Å². The Bertz CT molecular complexity index is 1530. The molecule has 0 spiro atoms. The fourth-order valence-corrected chi connectivity index (χ4v) is 4.46. The Hall–Kier alpha value is -5.17. The fourth-order valence-electron chi connectivity index (χ4n) is 4.46. The van der Waals surface area contributed by atoms with Crippen molar-refractivity contribution in [3.8, 4) is 5.75 Å². The number of imidazole rings is 1. The van der Waals surface area contributed by atoms with E-state index in [1.165, 1.54) is 31.6 Å². The molecule has 4 rings (SSSR count). The highest BCUT2D eigenvalue weighted by atomic mass is 16.4. The van der Waals surface area contributed by atoms with Gasteiger partial charge in [-0.2, -0.15) is 0 Å². The minimum Gasteiger partial charge on any atom is -0.508 e. The fraction of sp³-hybridized carbons (Fsp3) is 0.276. The van der Waals surface area contributed by atoms with Gasteiger partial charge in [0.1, 0.15) is 23.9 Å². The summed E-state index contributed by atoms with van der Waals surface area (Å²) < 4.78 is 0. The zero-order valence-corrected chi connectivity index (χ0v) is 22.8. The van der Waals surface area contributed by atoms with Gasteiger partial charge in [0, 0.05) is 41.8 Å². The number of aromatic hydroxyl groups is 1. The van der Waals surface area contributed by atoms with E-state index in [0.717, 1.165) is 16.5 Å². The summed E-state index contributed by atoms with van der Waals surface area (Å²) in [6, 6.07) is 9.19. The number of nitrogens with zero attached hydrogens (tertiary/aromatic N) is 1. The second kappa shape index (κ2) is 13.5. The average molecular weight is 576 g/mol. The summed E-state index contributed by atoms with van der Waals surface area (Å²) in [6.07, 6.45) is 4.90. The molecular weight excluding hydrogens is 542 g/mol. The van der Waals surface area contributed by atoms with Crippen LogP contribution in [0.4, 0.5) is 0 Å². The number of carboxylic acids is 1. The van der Waals surface area contributed by atoms with Crippen LogP contribution >= 0.6 is 0 Å². The highest BCUT2D eigenvalue weighted by Gasteiger charge is 2.30. The molecule has 0 aliphatic heterocycles. The van der Waals surface area contributed by atoms with Gasteiger partial charge in [0.2, 0.25) is 17.7 Å². The normalized spacial score (nSPS) is 14.0. The first-order valence-corrected chi connectivity index (χ1v) is 13.3. The maximum Gasteiger partial charge on any atom is 0.325 e. The minimum atomic E-state index is -1.23. The largest absolute Gasteiger partial charge is 0.508 e. The van der Waals surface area contributed by atoms with Crippen molar-refractivity contribution in [3.63, 3.8) is 0 Å². The maximum absolute atomic E-state index is 13.6. The molecule has 42 heavy (non-hydrogen) atoms. The second-order valence-electron chi connectivity index (χ2n) is 10.0. The number of nitrogens with one attached hydrogen (secondary N) is 5. The molecule has 0 bridgehead atoms. The van der Waals surface area contributed by atoms with E-state index in [1.807, 2.05) is 24.3 Å². The van der Waals surface area contributed by atoms with Gasteiger partial charge in [0.15, 0.2) is 0 Å². The Morgan fingerprint density at radius 2 is 1.55 bits per heavy atom. The van der Waals surface area contributed by atoms with E-state index in [1.54, 1.807) is 18.3 Å². The van der Waals surface area contributed by atoms with Gasteiger partial charge in [-0.3, -0.25) is 19.2 Å². The quantitative estimate of drug-likeness (QED) is 0.112. The summed E-state index contributed by atoms with van der Waals surface area (Å²) in [5.41, 5.74) is 8.98. The molecule has 2 aromatic carbocycles. The molecule has 9 N–H and O–H groups in total. The van der Waals surface area contributed by atoms with E-state index in [2.05, 4.69) is 30.9 Å². The van der Waals surface area contributed by atoms with Crippen LogP contribution < -0.4 is 21.7 Å². The third-order valence-electron chi connectivity index (χ3n) is 6.80. The van der Waals surface area contributed by atoms with Crippen LogP contribution in [-0.2, 0) is 38.4 Å². The topological polar surface area (TPSA) is 215 Å². The number of para-hydroxylation sites is 1. The highest BCUT2D eigenvalue weighted by Crippen LogP contribution is 2.19. The van der Waals surface area contributed by atoms with Crippen molar-refractivity contribution in [2.75, 3.05) is 0 Å². The van der Waals surface area contributed by atoms with Gasteiger partial charge in [-0.15, -0.1) is 0 Å². The summed E-state index contributed by atoms with van der Waals surface area (Å²) in [5, 5.41) is 27.4. The van der Waals surface area contributed by atoms with Crippen LogP contribution in [0.15, 0.2) is 67.3 Å². The number of carbonyl (C=O) groups is 4. The molecule has 0 saturated heterocycles. The summed E-state index contributed by atoms with van der Waals surface area (Å²) >= 11 is 0. The first-order valence-electron chi connectivity index (χ1n) is 13.3. The molecule has 2 aromatic heterocycles. The van der Waals surface area contributed by atoms with E-state index in [0.29, 0.717) is 11.3 Å². The van der Waals surface area contributed by atoms with E-state index >= 15 is 0 Å². The Labute approximate surface area is 240 Å². The van der Waals surface area contributed by atoms with Crippen LogP contribution in [0.3, 0.4) is 0 Å². The number of phenols is 1. The number of aromatic nitrogens is 3. The van der Waals surface area contributed by atoms with Crippen LogP contribution in [-0.4, -0.2) is 73.0 Å². The number of carboxylic acid groups (broad SMARTS) is 1. The Morgan fingerprint density at radius 1 is 0.881 bits per heavy atom. The zero-order chi connectivity index (χ0) is 30.2. The first-order chi connectivity index (χ1) is 20.1. The number of benzene rings is 2. The van der Waals surface area contributed by atoms with Crippen LogP contribution in [0.2, 0.25) is 0 Å². The minimum absolute atomic E-state index is 0.0243. The van der Waals surface area contributed by atoms with Gasteiger partial charge in [0.05, 0.1) is 12.4 Å². The molecule has 4 unspecified atom stereocenters. The van der Waals surface area contributed by atoms with Gasteiger partial charge in [-0.1, -0.05) is 30.3 Å². The van der Waals surface area contributed by atoms with Crippen LogP contribution in [0.25, 0.3) is 10.9 Å². The molecule has 220 valence electrons. The van der Waals surface area contributed by atoms with E-state index in [9.17, 15) is 29.4 Å². The molecule has 0 radical (unpaired) electrons. The number of nitrogens with two attached hydrogens (primary N) is 1. The van der Waals surface area contributed by atoms with E-state index in [4.69, 9.17) is 5.73 Å². The number of carbonyl (C=O) groups excluding carboxylic acids is 3. The Balaban J connectivity index is 1.54. The van der Waals surface area contributed by atoms with Gasteiger partial charge in [0.25, 0.3) is 0 Å². The molecule has 2 heterocycles. The van der Waals surface area contributed by atoms with Crippen molar-refractivity contribution in [3.05, 3.63) is 84.1 Å². The number of amides is 3. The molecule has 4 atom stereocenters. The number of aromatic amines is 2. The van der Waals surface area contributed by atoms with Crippen LogP contribution in [0, 0.1) is 0 Å². The second-order valence-corrected chi connectivity index (χ2v) is 10.0. The summed E-state index contributed by atoms with van der Waals surface area (Å²) in [4.78, 5) is 61.3. The monoisotopic (exact) mass is 575 g/mol. The number of fused-ring (bicyclic) bond motifs is 1. The van der Waals surface area contributed by atoms with Crippen molar-refractivity contribution in [1.82, 2.24) is 30.9 Å². The SMILES string of the molecule is CC(NC(=O)C(Cc1c[nH]c2ccccc12)NC(=O)C(Cc1cnc[nH]1)NC(=O)C(N)Cc1ccc(O)cc1)C(=O)O. The van der Waals surface area contributed by atoms with Crippen molar-refractivity contribution in [2.24, 2.45) is 5.73 Å². The molecule has 3 amide bonds. The molecule has 13 nitrogen and oxygen atoms in total. The molecule has 0 fully saturated rings. The summed E-state index contributed by atoms with van der Waals surface area (Å²) in [6.45, 7) is 1.32. The third-order valence-corrected chi connectivity index (χ3v) is 6.80. The Kier molecular flexibility index (Phi) is 9.55. The maximum atomic E-state index is 13.6. The smallest absolute Gasteiger partial charge is 0.325 e. The lowest BCUT2D eigenvalue weighted by Crippen LogP contribution is -2.58. The standard InChI is InChI=1S/C29H33N7O6/c1-16(29(41)42)34-27(39)24(11-18-13-32-23-5-3-2-4-21(18)23)36-28(40)25(12-19-14-31-15-33-19)35-26(38)22(30)10-17-6-8-20(37)9-7-17/h2-9,13-16,22,24-25,32,37H,10-12,30H2,1H3,(H,31,33)(H,34,39)(H,35,38)(H,36,40)(H,41,42). The predicted octanol–water partition coefficient (Wildman–Crippen LogP) is 0.511. The summed E-state index contributed by atoms with van der Waals surface area (Å²) in [5.74, 6) is -3.11. The van der Waals surface area contributed by atoms with Crippen molar-refractivity contribution in [1.29, 1.82) is 0 Å². The number of hydrogen-bond acceptors (Lipinski definition) is 7. The van der Waals surface area contributed by atoms with Crippen LogP contribution in [0.1, 0.15) is 23.7 Å². The van der Waals surface area contributed by atoms with Crippen LogP contribution in [0.5, 0.6) is 5.75 Å². The Morgan fingerprint density at radius 3 is 2.24 bits per heavy atom. The molecular formula is C29H33N7O6. The van der Waals surface area contributed by atoms with Gasteiger partial charge in [-0.25, -0.2) is 4.98 Å². The number of hydrogen-bond donors (Lipinski definition) is 8. The molecule has 4 aromatic rings. The zero-order valence-electron chi connectivity index (χ0n) is 22.8. The lowest BCUT2D eigenvalue weighted by molar-refractivity contribution is -0.141. The molecule has 13 heteroatoms. The number of rotatable bonds is 13. The number of H-pyrrole nitrogens is 2. The lowest BCUT2D eigenvalue weighted by atomic mass is 10.0. The summed E-state index contributed by atoms with van der Waals surface area (Å²) in [7, 11) is 0. The van der Waals surface area contributed by atoms with Gasteiger partial charge in [-0.05, 0) is 42.7 Å². The number of aliphatic carboxylic acids is 1. The third kappa shape index (κ3) is 7.73.